The molecule has 0 aliphatic rings. The molecular formula is C14H19N3O4. The van der Waals surface area contributed by atoms with E-state index in [-0.39, 0.29) is 13.0 Å². The highest BCUT2D eigenvalue weighted by atomic mass is 16.4. The average molecular weight is 293 g/mol. The van der Waals surface area contributed by atoms with Crippen LogP contribution >= 0.6 is 0 Å². The molecular weight excluding hydrogens is 274 g/mol. The molecule has 0 aliphatic heterocycles. The fourth-order valence-electron chi connectivity index (χ4n) is 1.72. The first kappa shape index (κ1) is 16.5. The van der Waals surface area contributed by atoms with Crippen molar-refractivity contribution in [1.82, 2.24) is 4.90 Å². The standard InChI is InChI=1S/C14H19N3O4/c1-2-17(9-12(15)18)14(21)16-11-6-3-10(4-7-11)5-8-13(19)20/h3-4,6-7H,2,5,8-9H2,1H3,(H2,15,18)(H,16,21)(H,19,20). The smallest absolute Gasteiger partial charge is 0.322 e. The van der Waals surface area contributed by atoms with Gasteiger partial charge in [0, 0.05) is 18.7 Å². The van der Waals surface area contributed by atoms with Crippen molar-refractivity contribution in [2.24, 2.45) is 5.73 Å². The van der Waals surface area contributed by atoms with Gasteiger partial charge in [-0.1, -0.05) is 12.1 Å². The van der Waals surface area contributed by atoms with E-state index < -0.39 is 17.9 Å². The first-order valence-electron chi connectivity index (χ1n) is 6.57. The maximum absolute atomic E-state index is 11.9. The van der Waals surface area contributed by atoms with Gasteiger partial charge in [-0.15, -0.1) is 0 Å². The van der Waals surface area contributed by atoms with Gasteiger partial charge in [0.15, 0.2) is 0 Å². The van der Waals surface area contributed by atoms with Gasteiger partial charge in [-0.2, -0.15) is 0 Å². The van der Waals surface area contributed by atoms with Crippen LogP contribution in [0, 0.1) is 0 Å². The summed E-state index contributed by atoms with van der Waals surface area (Å²) < 4.78 is 0. The summed E-state index contributed by atoms with van der Waals surface area (Å²) in [6, 6.07) is 6.47. The van der Waals surface area contributed by atoms with Crippen molar-refractivity contribution in [2.45, 2.75) is 19.8 Å². The van der Waals surface area contributed by atoms with E-state index in [9.17, 15) is 14.4 Å². The Bertz CT molecular complexity index is 513. The summed E-state index contributed by atoms with van der Waals surface area (Å²) in [5, 5.41) is 11.3. The van der Waals surface area contributed by atoms with Crippen LogP contribution in [0.5, 0.6) is 0 Å². The number of hydrogen-bond acceptors (Lipinski definition) is 3. The van der Waals surface area contributed by atoms with Gasteiger partial charge in [-0.3, -0.25) is 9.59 Å². The molecule has 1 rings (SSSR count). The molecule has 0 saturated heterocycles. The summed E-state index contributed by atoms with van der Waals surface area (Å²) >= 11 is 0. The number of carboxylic acids is 1. The van der Waals surface area contributed by atoms with Crippen LogP contribution in [-0.2, 0) is 16.0 Å². The quantitative estimate of drug-likeness (QED) is 0.697. The highest BCUT2D eigenvalue weighted by Crippen LogP contribution is 2.12. The van der Waals surface area contributed by atoms with Gasteiger partial charge in [0.2, 0.25) is 5.91 Å². The van der Waals surface area contributed by atoms with E-state index in [0.29, 0.717) is 18.7 Å². The molecule has 0 atom stereocenters. The monoisotopic (exact) mass is 293 g/mol. The predicted octanol–water partition coefficient (Wildman–Crippen LogP) is 1.04. The molecule has 3 amide bonds. The second kappa shape index (κ2) is 7.88. The molecule has 0 fully saturated rings. The van der Waals surface area contributed by atoms with E-state index in [4.69, 9.17) is 10.8 Å². The van der Waals surface area contributed by atoms with Crippen molar-refractivity contribution < 1.29 is 19.5 Å². The summed E-state index contributed by atoms with van der Waals surface area (Å²) in [4.78, 5) is 34.5. The Morgan fingerprint density at radius 2 is 1.86 bits per heavy atom. The number of carbonyl (C=O) groups is 3. The van der Waals surface area contributed by atoms with E-state index in [0.717, 1.165) is 5.56 Å². The Hall–Kier alpha value is -2.57. The number of nitrogens with two attached hydrogens (primary N) is 1. The minimum Gasteiger partial charge on any atom is -0.481 e. The number of carboxylic acid groups (broad SMARTS) is 1. The van der Waals surface area contributed by atoms with Crippen molar-refractivity contribution in [2.75, 3.05) is 18.4 Å². The Morgan fingerprint density at radius 1 is 1.24 bits per heavy atom. The summed E-state index contributed by atoms with van der Waals surface area (Å²) in [6.45, 7) is 1.97. The molecule has 0 heterocycles. The predicted molar refractivity (Wildman–Crippen MR) is 77.9 cm³/mol. The third-order valence-electron chi connectivity index (χ3n) is 2.85. The summed E-state index contributed by atoms with van der Waals surface area (Å²) in [6.07, 6.45) is 0.500. The van der Waals surface area contributed by atoms with Crippen LogP contribution < -0.4 is 11.1 Å². The lowest BCUT2D eigenvalue weighted by Gasteiger charge is -2.19. The molecule has 0 aromatic heterocycles. The number of urea groups is 1. The second-order valence-corrected chi connectivity index (χ2v) is 4.50. The molecule has 4 N–H and O–H groups in total. The second-order valence-electron chi connectivity index (χ2n) is 4.50. The Kier molecular flexibility index (Phi) is 6.19. The minimum absolute atomic E-state index is 0.0634. The number of benzene rings is 1. The molecule has 7 heteroatoms. The molecule has 1 aromatic rings. The Labute approximate surface area is 122 Å². The Balaban J connectivity index is 2.59. The zero-order valence-electron chi connectivity index (χ0n) is 11.8. The summed E-state index contributed by atoms with van der Waals surface area (Å²) in [7, 11) is 0. The van der Waals surface area contributed by atoms with Crippen molar-refractivity contribution in [3.8, 4) is 0 Å². The SMILES string of the molecule is CCN(CC(N)=O)C(=O)Nc1ccc(CCC(=O)O)cc1. The number of anilines is 1. The van der Waals surface area contributed by atoms with Crippen LogP contribution in [0.2, 0.25) is 0 Å². The number of aliphatic carboxylic acids is 1. The van der Waals surface area contributed by atoms with Gasteiger partial charge in [-0.05, 0) is 31.0 Å². The largest absolute Gasteiger partial charge is 0.481 e. The fourth-order valence-corrected chi connectivity index (χ4v) is 1.72. The molecule has 0 bridgehead atoms. The number of aryl methyl sites for hydroxylation is 1. The topological polar surface area (TPSA) is 113 Å². The van der Waals surface area contributed by atoms with Gasteiger partial charge in [-0.25, -0.2) is 4.79 Å². The van der Waals surface area contributed by atoms with Crippen LogP contribution in [0.15, 0.2) is 24.3 Å². The summed E-state index contributed by atoms with van der Waals surface area (Å²) in [5.41, 5.74) is 6.52. The van der Waals surface area contributed by atoms with Gasteiger partial charge in [0.1, 0.15) is 6.54 Å². The van der Waals surface area contributed by atoms with Gasteiger partial charge < -0.3 is 21.1 Å². The number of rotatable bonds is 7. The molecule has 0 aliphatic carbocycles. The first-order chi connectivity index (χ1) is 9.92. The maximum Gasteiger partial charge on any atom is 0.322 e. The van der Waals surface area contributed by atoms with E-state index in [1.54, 1.807) is 31.2 Å². The minimum atomic E-state index is -0.850. The number of nitrogens with one attached hydrogen (secondary N) is 1. The third-order valence-corrected chi connectivity index (χ3v) is 2.85. The number of carbonyl (C=O) groups excluding carboxylic acids is 2. The third kappa shape index (κ3) is 5.94. The van der Waals surface area contributed by atoms with Crippen LogP contribution in [-0.4, -0.2) is 41.0 Å². The first-order valence-corrected chi connectivity index (χ1v) is 6.57. The molecule has 0 radical (unpaired) electrons. The van der Waals surface area contributed by atoms with Crippen molar-refractivity contribution in [1.29, 1.82) is 0 Å². The lowest BCUT2D eigenvalue weighted by Crippen LogP contribution is -2.40. The lowest BCUT2D eigenvalue weighted by molar-refractivity contribution is -0.137. The number of amides is 3. The Morgan fingerprint density at radius 3 is 2.33 bits per heavy atom. The van der Waals surface area contributed by atoms with Gasteiger partial charge in [0.05, 0.1) is 0 Å². The number of nitrogens with zero attached hydrogens (tertiary/aromatic N) is 1. The van der Waals surface area contributed by atoms with Gasteiger partial charge >= 0.3 is 12.0 Å². The molecule has 0 unspecified atom stereocenters. The molecule has 7 nitrogen and oxygen atoms in total. The highest BCUT2D eigenvalue weighted by molar-refractivity contribution is 5.92. The zero-order chi connectivity index (χ0) is 15.8. The average Bonchev–Trinajstić information content (AvgIpc) is 2.43. The van der Waals surface area contributed by atoms with E-state index in [1.807, 2.05) is 0 Å². The van der Waals surface area contributed by atoms with E-state index in [2.05, 4.69) is 5.32 Å². The maximum atomic E-state index is 11.9. The van der Waals surface area contributed by atoms with Crippen LogP contribution in [0.3, 0.4) is 0 Å². The number of likely N-dealkylation sites (N-methyl/N-ethyl adjacent to an activating group) is 1. The lowest BCUT2D eigenvalue weighted by atomic mass is 10.1. The fraction of sp³-hybridized carbons (Fsp3) is 0.357. The van der Waals surface area contributed by atoms with Crippen molar-refractivity contribution in [3.05, 3.63) is 29.8 Å². The van der Waals surface area contributed by atoms with Gasteiger partial charge in [0.25, 0.3) is 0 Å². The number of hydrogen-bond donors (Lipinski definition) is 3. The molecule has 0 spiro atoms. The summed E-state index contributed by atoms with van der Waals surface area (Å²) in [5.74, 6) is -1.42. The van der Waals surface area contributed by atoms with Crippen molar-refractivity contribution >= 4 is 23.6 Å². The van der Waals surface area contributed by atoms with E-state index >= 15 is 0 Å². The molecule has 114 valence electrons. The molecule has 1 aromatic carbocycles. The van der Waals surface area contributed by atoms with Crippen LogP contribution in [0.1, 0.15) is 18.9 Å². The molecule has 0 saturated carbocycles. The van der Waals surface area contributed by atoms with Crippen LogP contribution in [0.4, 0.5) is 10.5 Å². The number of primary amides is 1. The van der Waals surface area contributed by atoms with Crippen molar-refractivity contribution in [3.63, 3.8) is 0 Å². The zero-order valence-corrected chi connectivity index (χ0v) is 11.8. The van der Waals surface area contributed by atoms with Crippen LogP contribution in [0.25, 0.3) is 0 Å². The van der Waals surface area contributed by atoms with E-state index in [1.165, 1.54) is 4.90 Å². The highest BCUT2D eigenvalue weighted by Gasteiger charge is 2.13. The molecule has 21 heavy (non-hydrogen) atoms. The normalized spacial score (nSPS) is 9.95.